The number of aromatic hydroxyl groups is 1. The number of hydrogen-bond donors (Lipinski definition) is 2. The van der Waals surface area contributed by atoms with Crippen LogP contribution in [0.1, 0.15) is 25.3 Å². The Morgan fingerprint density at radius 2 is 1.90 bits per heavy atom. The predicted octanol–water partition coefficient (Wildman–Crippen LogP) is 2.32. The molecule has 5 nitrogen and oxygen atoms in total. The molecule has 0 saturated heterocycles. The SMILES string of the molecule is CCCC([NH-])=O.O=CNCCc1c(F)cc(O)cc1F.[Ta]. The van der Waals surface area contributed by atoms with Crippen LogP contribution in [0.5, 0.6) is 5.75 Å². The van der Waals surface area contributed by atoms with Crippen molar-refractivity contribution in [2.24, 2.45) is 0 Å². The second-order valence-corrected chi connectivity index (χ2v) is 3.88. The van der Waals surface area contributed by atoms with E-state index in [-0.39, 0.29) is 40.9 Å². The van der Waals surface area contributed by atoms with Crippen LogP contribution in [0.2, 0.25) is 0 Å². The molecular weight excluding hydrogens is 451 g/mol. The van der Waals surface area contributed by atoms with Gasteiger partial charge in [-0.1, -0.05) is 13.3 Å². The van der Waals surface area contributed by atoms with E-state index in [0.717, 1.165) is 18.6 Å². The van der Waals surface area contributed by atoms with Crippen LogP contribution in [0.25, 0.3) is 5.73 Å². The van der Waals surface area contributed by atoms with E-state index in [1.54, 1.807) is 0 Å². The molecule has 0 spiro atoms. The predicted molar refractivity (Wildman–Crippen MR) is 70.0 cm³/mol. The van der Waals surface area contributed by atoms with Crippen LogP contribution >= 0.6 is 0 Å². The van der Waals surface area contributed by atoms with E-state index < -0.39 is 23.3 Å². The van der Waals surface area contributed by atoms with Gasteiger partial charge in [-0.15, -0.1) is 0 Å². The molecule has 0 fully saturated rings. The number of benzene rings is 1. The maximum atomic E-state index is 13.0. The third kappa shape index (κ3) is 10.0. The molecule has 0 atom stereocenters. The van der Waals surface area contributed by atoms with Crippen molar-refractivity contribution in [1.29, 1.82) is 0 Å². The number of amides is 2. The van der Waals surface area contributed by atoms with Crippen LogP contribution in [0, 0.1) is 11.6 Å². The number of carbonyl (C=O) groups is 2. The molecule has 1 rings (SSSR count). The number of halogens is 2. The topological polar surface area (TPSA) is 90.2 Å². The van der Waals surface area contributed by atoms with Crippen molar-refractivity contribution < 1.29 is 45.9 Å². The molecule has 3 N–H and O–H groups in total. The number of nitrogens with one attached hydrogen (secondary N) is 2. The minimum Gasteiger partial charge on any atom is -0.668 e. The first-order valence-electron chi connectivity index (χ1n) is 6.00. The smallest absolute Gasteiger partial charge is 0.207 e. The van der Waals surface area contributed by atoms with Gasteiger partial charge in [0.1, 0.15) is 17.4 Å². The van der Waals surface area contributed by atoms with E-state index in [1.807, 2.05) is 6.92 Å². The van der Waals surface area contributed by atoms with Crippen LogP contribution in [0.4, 0.5) is 8.78 Å². The summed E-state index contributed by atoms with van der Waals surface area (Å²) < 4.78 is 26.0. The Morgan fingerprint density at radius 1 is 1.38 bits per heavy atom. The molecule has 0 unspecified atom stereocenters. The summed E-state index contributed by atoms with van der Waals surface area (Å²) in [5, 5.41) is 11.1. The van der Waals surface area contributed by atoms with E-state index in [2.05, 4.69) is 5.32 Å². The van der Waals surface area contributed by atoms with Crippen molar-refractivity contribution in [1.82, 2.24) is 5.32 Å². The van der Waals surface area contributed by atoms with Gasteiger partial charge in [0.05, 0.1) is 0 Å². The minimum atomic E-state index is -0.810. The van der Waals surface area contributed by atoms with E-state index in [1.165, 1.54) is 0 Å². The van der Waals surface area contributed by atoms with Crippen molar-refractivity contribution in [3.63, 3.8) is 0 Å². The number of rotatable bonds is 6. The Kier molecular flexibility index (Phi) is 12.8. The molecular formula is C13H17F2N2O3Ta-. The Labute approximate surface area is 137 Å². The van der Waals surface area contributed by atoms with Crippen LogP contribution in [0.3, 0.4) is 0 Å². The normalized spacial score (nSPS) is 8.90. The fourth-order valence-corrected chi connectivity index (χ4v) is 1.31. The first kappa shape index (κ1) is 21.9. The van der Waals surface area contributed by atoms with E-state index in [0.29, 0.717) is 12.8 Å². The van der Waals surface area contributed by atoms with Crippen molar-refractivity contribution in [2.75, 3.05) is 6.54 Å². The largest absolute Gasteiger partial charge is 0.668 e. The number of hydrogen-bond acceptors (Lipinski definition) is 3. The maximum Gasteiger partial charge on any atom is 0.207 e. The summed E-state index contributed by atoms with van der Waals surface area (Å²) in [6.07, 6.45) is 1.70. The molecule has 0 aliphatic carbocycles. The second kappa shape index (κ2) is 12.3. The van der Waals surface area contributed by atoms with Gasteiger partial charge in [-0.05, 0) is 12.8 Å². The minimum absolute atomic E-state index is 0. The van der Waals surface area contributed by atoms with Gasteiger partial charge in [0, 0.05) is 52.5 Å². The van der Waals surface area contributed by atoms with Crippen LogP contribution in [-0.2, 0) is 38.4 Å². The van der Waals surface area contributed by atoms with Gasteiger partial charge in [0.25, 0.3) is 0 Å². The van der Waals surface area contributed by atoms with Crippen LogP contribution in [-0.4, -0.2) is 24.0 Å². The average molecular weight is 468 g/mol. The zero-order valence-corrected chi connectivity index (χ0v) is 14.7. The third-order valence-electron chi connectivity index (χ3n) is 2.21. The summed E-state index contributed by atoms with van der Waals surface area (Å²) in [7, 11) is 0. The molecule has 0 aliphatic heterocycles. The summed E-state index contributed by atoms with van der Waals surface area (Å²) >= 11 is 0. The van der Waals surface area contributed by atoms with Gasteiger partial charge in [-0.3, -0.25) is 4.79 Å². The molecule has 8 heteroatoms. The Bertz CT molecular complexity index is 436. The quantitative estimate of drug-likeness (QED) is 0.496. The van der Waals surface area contributed by atoms with E-state index >= 15 is 0 Å². The monoisotopic (exact) mass is 468 g/mol. The second-order valence-electron chi connectivity index (χ2n) is 3.88. The van der Waals surface area contributed by atoms with Crippen molar-refractivity contribution >= 4 is 12.3 Å². The summed E-state index contributed by atoms with van der Waals surface area (Å²) in [6.45, 7) is 2.04. The molecule has 0 bridgehead atoms. The van der Waals surface area contributed by atoms with Gasteiger partial charge in [0.2, 0.25) is 6.41 Å². The Morgan fingerprint density at radius 3 is 2.24 bits per heavy atom. The summed E-state index contributed by atoms with van der Waals surface area (Å²) in [5.41, 5.74) is 6.20. The van der Waals surface area contributed by atoms with Gasteiger partial charge in [-0.25, -0.2) is 8.78 Å². The van der Waals surface area contributed by atoms with Crippen LogP contribution < -0.4 is 5.32 Å². The standard InChI is InChI=1S/C9H9F2NO2.C4H9NO.Ta/c10-8-3-6(14)4-9(11)7(8)1-2-12-5-13;1-2-3-4(5)6;/h3-5,14H,1-2H2,(H,12,13);2-3H2,1H3,(H2,5,6);/p-1. The molecule has 0 aliphatic rings. The van der Waals surface area contributed by atoms with Gasteiger partial charge in [0.15, 0.2) is 0 Å². The van der Waals surface area contributed by atoms with Crippen molar-refractivity contribution in [2.45, 2.75) is 26.2 Å². The summed E-state index contributed by atoms with van der Waals surface area (Å²) in [6, 6.07) is 1.67. The number of phenolic OH excluding ortho intramolecular Hbond substituents is 1. The molecule has 2 amide bonds. The molecule has 117 valence electrons. The summed E-state index contributed by atoms with van der Waals surface area (Å²) in [4.78, 5) is 19.6. The zero-order chi connectivity index (χ0) is 15.5. The molecule has 21 heavy (non-hydrogen) atoms. The third-order valence-corrected chi connectivity index (χ3v) is 2.21. The van der Waals surface area contributed by atoms with E-state index in [4.69, 9.17) is 10.8 Å². The molecule has 0 aromatic heterocycles. The van der Waals surface area contributed by atoms with Gasteiger partial charge in [-0.2, -0.15) is 0 Å². The molecule has 0 saturated carbocycles. The Hall–Kier alpha value is -1.44. The van der Waals surface area contributed by atoms with Crippen molar-refractivity contribution in [3.8, 4) is 5.75 Å². The molecule has 1 aromatic carbocycles. The number of carbonyl (C=O) groups excluding carboxylic acids is 2. The van der Waals surface area contributed by atoms with Gasteiger partial charge >= 0.3 is 0 Å². The first-order valence-corrected chi connectivity index (χ1v) is 6.00. The van der Waals surface area contributed by atoms with Gasteiger partial charge < -0.3 is 21.0 Å². The molecule has 1 radical (unpaired) electrons. The van der Waals surface area contributed by atoms with Crippen LogP contribution in [0.15, 0.2) is 12.1 Å². The summed E-state index contributed by atoms with van der Waals surface area (Å²) in [5.74, 6) is -2.53. The fraction of sp³-hybridized carbons (Fsp3) is 0.385. The number of phenols is 1. The zero-order valence-electron chi connectivity index (χ0n) is 11.5. The Balaban J connectivity index is 0. The fourth-order valence-electron chi connectivity index (χ4n) is 1.31. The molecule has 1 aromatic rings. The first-order chi connectivity index (χ1) is 9.42. The maximum absolute atomic E-state index is 13.0. The van der Waals surface area contributed by atoms with E-state index in [9.17, 15) is 18.4 Å². The average Bonchev–Trinajstić information content (AvgIpc) is 2.33. The molecule has 0 heterocycles. The van der Waals surface area contributed by atoms with Crippen molar-refractivity contribution in [3.05, 3.63) is 35.1 Å².